The minimum atomic E-state index is -1.04. The zero-order valence-electron chi connectivity index (χ0n) is 11.3. The minimum Gasteiger partial charge on any atom is -0.475 e. The molecule has 0 atom stereocenters. The van der Waals surface area contributed by atoms with Crippen LogP contribution in [0.15, 0.2) is 46.9 Å². The van der Waals surface area contributed by atoms with Crippen LogP contribution in [0.4, 0.5) is 0 Å². The molecule has 0 fully saturated rings. The number of carboxylic acid groups (broad SMARTS) is 1. The fourth-order valence-electron chi connectivity index (χ4n) is 2.59. The first-order valence-electron chi connectivity index (χ1n) is 6.40. The second kappa shape index (κ2) is 4.53. The van der Waals surface area contributed by atoms with E-state index in [4.69, 9.17) is 4.42 Å². The van der Waals surface area contributed by atoms with Crippen molar-refractivity contribution in [2.75, 3.05) is 0 Å². The first kappa shape index (κ1) is 12.5. The SMILES string of the molecule is Cc1cc(C)c2oc(C(=O)O)c(-c3ccccc3)c2c1. The van der Waals surface area contributed by atoms with E-state index < -0.39 is 5.97 Å². The highest BCUT2D eigenvalue weighted by Crippen LogP contribution is 2.36. The zero-order valence-corrected chi connectivity index (χ0v) is 11.3. The highest BCUT2D eigenvalue weighted by molar-refractivity contribution is 6.06. The molecule has 0 spiro atoms. The van der Waals surface area contributed by atoms with Crippen LogP contribution in [-0.2, 0) is 0 Å². The molecule has 0 aliphatic heterocycles. The fourth-order valence-corrected chi connectivity index (χ4v) is 2.59. The Bertz CT molecular complexity index is 798. The molecular formula is C17H14O3. The van der Waals surface area contributed by atoms with Crippen LogP contribution in [0.1, 0.15) is 21.7 Å². The lowest BCUT2D eigenvalue weighted by molar-refractivity contribution is 0.0666. The molecule has 1 N–H and O–H groups in total. The molecule has 0 aliphatic carbocycles. The Labute approximate surface area is 116 Å². The van der Waals surface area contributed by atoms with Gasteiger partial charge < -0.3 is 9.52 Å². The smallest absolute Gasteiger partial charge is 0.372 e. The fraction of sp³-hybridized carbons (Fsp3) is 0.118. The van der Waals surface area contributed by atoms with E-state index in [0.29, 0.717) is 11.1 Å². The number of carbonyl (C=O) groups is 1. The Hall–Kier alpha value is -2.55. The van der Waals surface area contributed by atoms with Crippen LogP contribution in [0.3, 0.4) is 0 Å². The van der Waals surface area contributed by atoms with Crippen LogP contribution in [-0.4, -0.2) is 11.1 Å². The Morgan fingerprint density at radius 3 is 2.45 bits per heavy atom. The van der Waals surface area contributed by atoms with Gasteiger partial charge in [-0.1, -0.05) is 36.4 Å². The summed E-state index contributed by atoms with van der Waals surface area (Å²) >= 11 is 0. The summed E-state index contributed by atoms with van der Waals surface area (Å²) in [6, 6.07) is 13.4. The predicted molar refractivity (Wildman–Crippen MR) is 78.1 cm³/mol. The van der Waals surface area contributed by atoms with Gasteiger partial charge in [0.25, 0.3) is 0 Å². The van der Waals surface area contributed by atoms with Gasteiger partial charge in [0.2, 0.25) is 5.76 Å². The van der Waals surface area contributed by atoms with E-state index in [9.17, 15) is 9.90 Å². The second-order valence-corrected chi connectivity index (χ2v) is 4.94. The Balaban J connectivity index is 2.44. The summed E-state index contributed by atoms with van der Waals surface area (Å²) in [7, 11) is 0. The number of fused-ring (bicyclic) bond motifs is 1. The molecule has 0 saturated carbocycles. The Morgan fingerprint density at radius 2 is 1.80 bits per heavy atom. The summed E-state index contributed by atoms with van der Waals surface area (Å²) in [5, 5.41) is 10.2. The van der Waals surface area contributed by atoms with Crippen molar-refractivity contribution in [1.82, 2.24) is 0 Å². The standard InChI is InChI=1S/C17H14O3/c1-10-8-11(2)15-13(9-10)14(16(20-15)17(18)19)12-6-4-3-5-7-12/h3-9H,1-2H3,(H,18,19). The van der Waals surface area contributed by atoms with Gasteiger partial charge in [-0.3, -0.25) is 0 Å². The Kier molecular flexibility index (Phi) is 2.83. The molecule has 0 amide bonds. The highest BCUT2D eigenvalue weighted by atomic mass is 16.4. The molecule has 0 aliphatic rings. The third kappa shape index (κ3) is 1.88. The van der Waals surface area contributed by atoms with Crippen LogP contribution >= 0.6 is 0 Å². The molecule has 3 heteroatoms. The molecular weight excluding hydrogens is 252 g/mol. The Morgan fingerprint density at radius 1 is 1.10 bits per heavy atom. The van der Waals surface area contributed by atoms with Gasteiger partial charge >= 0.3 is 5.97 Å². The van der Waals surface area contributed by atoms with E-state index in [1.54, 1.807) is 0 Å². The largest absolute Gasteiger partial charge is 0.475 e. The van der Waals surface area contributed by atoms with Crippen molar-refractivity contribution in [2.45, 2.75) is 13.8 Å². The molecule has 0 saturated heterocycles. The van der Waals surface area contributed by atoms with E-state index in [2.05, 4.69) is 0 Å². The van der Waals surface area contributed by atoms with Gasteiger partial charge in [-0.2, -0.15) is 0 Å². The quantitative estimate of drug-likeness (QED) is 0.747. The van der Waals surface area contributed by atoms with Crippen molar-refractivity contribution in [1.29, 1.82) is 0 Å². The summed E-state index contributed by atoms with van der Waals surface area (Å²) in [5.74, 6) is -1.04. The van der Waals surface area contributed by atoms with Gasteiger partial charge in [0.05, 0.1) is 0 Å². The maximum absolute atomic E-state index is 11.5. The summed E-state index contributed by atoms with van der Waals surface area (Å²) in [6.45, 7) is 3.92. The first-order valence-corrected chi connectivity index (χ1v) is 6.40. The van der Waals surface area contributed by atoms with Crippen LogP contribution in [0.2, 0.25) is 0 Å². The number of carboxylic acids is 1. The molecule has 3 nitrogen and oxygen atoms in total. The zero-order chi connectivity index (χ0) is 14.3. The van der Waals surface area contributed by atoms with E-state index in [-0.39, 0.29) is 5.76 Å². The van der Waals surface area contributed by atoms with Gasteiger partial charge in [-0.05, 0) is 36.6 Å². The van der Waals surface area contributed by atoms with Crippen molar-refractivity contribution in [3.8, 4) is 11.1 Å². The summed E-state index contributed by atoms with van der Waals surface area (Å²) in [5.41, 5.74) is 4.19. The highest BCUT2D eigenvalue weighted by Gasteiger charge is 2.22. The number of hydrogen-bond donors (Lipinski definition) is 1. The molecule has 20 heavy (non-hydrogen) atoms. The summed E-state index contributed by atoms with van der Waals surface area (Å²) in [6.07, 6.45) is 0. The number of hydrogen-bond acceptors (Lipinski definition) is 2. The molecule has 0 radical (unpaired) electrons. The molecule has 0 unspecified atom stereocenters. The number of furan rings is 1. The summed E-state index contributed by atoms with van der Waals surface area (Å²) in [4.78, 5) is 11.5. The van der Waals surface area contributed by atoms with E-state index in [1.165, 1.54) is 0 Å². The lowest BCUT2D eigenvalue weighted by atomic mass is 9.99. The lowest BCUT2D eigenvalue weighted by Gasteiger charge is -2.01. The van der Waals surface area contributed by atoms with Crippen LogP contribution in [0, 0.1) is 13.8 Å². The number of benzene rings is 2. The van der Waals surface area contributed by atoms with Crippen molar-refractivity contribution in [3.05, 3.63) is 59.4 Å². The lowest BCUT2D eigenvalue weighted by Crippen LogP contribution is -1.95. The molecule has 100 valence electrons. The van der Waals surface area contributed by atoms with E-state index in [1.807, 2.05) is 56.3 Å². The van der Waals surface area contributed by atoms with Gasteiger partial charge in [0, 0.05) is 10.9 Å². The van der Waals surface area contributed by atoms with E-state index >= 15 is 0 Å². The number of aryl methyl sites for hydroxylation is 2. The predicted octanol–water partition coefficient (Wildman–Crippen LogP) is 4.41. The number of aromatic carboxylic acids is 1. The molecule has 1 heterocycles. The van der Waals surface area contributed by atoms with Gasteiger partial charge in [-0.15, -0.1) is 0 Å². The normalized spacial score (nSPS) is 10.9. The topological polar surface area (TPSA) is 50.4 Å². The summed E-state index contributed by atoms with van der Waals surface area (Å²) < 4.78 is 5.60. The first-order chi connectivity index (χ1) is 9.58. The van der Waals surface area contributed by atoms with Crippen molar-refractivity contribution >= 4 is 16.9 Å². The molecule has 3 aromatic rings. The van der Waals surface area contributed by atoms with E-state index in [0.717, 1.165) is 22.1 Å². The van der Waals surface area contributed by atoms with Gasteiger partial charge in [-0.25, -0.2) is 4.79 Å². The van der Waals surface area contributed by atoms with Crippen LogP contribution in [0.25, 0.3) is 22.1 Å². The van der Waals surface area contributed by atoms with Gasteiger partial charge in [0.15, 0.2) is 0 Å². The molecule has 1 aromatic heterocycles. The third-order valence-corrected chi connectivity index (χ3v) is 3.38. The van der Waals surface area contributed by atoms with Crippen molar-refractivity contribution < 1.29 is 14.3 Å². The maximum Gasteiger partial charge on any atom is 0.372 e. The average molecular weight is 266 g/mol. The third-order valence-electron chi connectivity index (χ3n) is 3.38. The molecule has 3 rings (SSSR count). The number of rotatable bonds is 2. The maximum atomic E-state index is 11.5. The average Bonchev–Trinajstić information content (AvgIpc) is 2.79. The van der Waals surface area contributed by atoms with Crippen LogP contribution < -0.4 is 0 Å². The monoisotopic (exact) mass is 266 g/mol. The minimum absolute atomic E-state index is 0.0000926. The molecule has 2 aromatic carbocycles. The second-order valence-electron chi connectivity index (χ2n) is 4.94. The van der Waals surface area contributed by atoms with Crippen molar-refractivity contribution in [2.24, 2.45) is 0 Å². The van der Waals surface area contributed by atoms with Crippen molar-refractivity contribution in [3.63, 3.8) is 0 Å². The molecule has 0 bridgehead atoms. The van der Waals surface area contributed by atoms with Crippen LogP contribution in [0.5, 0.6) is 0 Å². The van der Waals surface area contributed by atoms with Gasteiger partial charge in [0.1, 0.15) is 5.58 Å².